The van der Waals surface area contributed by atoms with Crippen molar-refractivity contribution in [3.8, 4) is 6.07 Å². The van der Waals surface area contributed by atoms with Crippen molar-refractivity contribution in [3.63, 3.8) is 0 Å². The zero-order valence-electron chi connectivity index (χ0n) is 11.5. The molecule has 0 fully saturated rings. The Morgan fingerprint density at radius 2 is 2.20 bits per heavy atom. The summed E-state index contributed by atoms with van der Waals surface area (Å²) in [6.07, 6.45) is 3.92. The van der Waals surface area contributed by atoms with E-state index in [4.69, 9.17) is 5.26 Å². The van der Waals surface area contributed by atoms with Gasteiger partial charge < -0.3 is 10.2 Å². The Kier molecular flexibility index (Phi) is 2.83. The molecule has 0 bridgehead atoms. The lowest BCUT2D eigenvalue weighted by Crippen LogP contribution is -2.32. The highest BCUT2D eigenvalue weighted by atomic mass is 16.1. The second kappa shape index (κ2) is 4.53. The number of fused-ring (bicyclic) bond motifs is 2. The van der Waals surface area contributed by atoms with E-state index in [1.54, 1.807) is 12.2 Å². The Morgan fingerprint density at radius 3 is 2.90 bits per heavy atom. The number of rotatable bonds is 1. The predicted molar refractivity (Wildman–Crippen MR) is 78.1 cm³/mol. The van der Waals surface area contributed by atoms with Crippen LogP contribution in [0.2, 0.25) is 0 Å². The molecule has 2 aliphatic rings. The Bertz CT molecular complexity index is 692. The largest absolute Gasteiger partial charge is 0.378 e. The third-order valence-electron chi connectivity index (χ3n) is 3.69. The van der Waals surface area contributed by atoms with Gasteiger partial charge in [0.05, 0.1) is 11.8 Å². The second-order valence-electron chi connectivity index (χ2n) is 5.23. The summed E-state index contributed by atoms with van der Waals surface area (Å²) < 4.78 is 0. The molecule has 1 aromatic rings. The molecule has 4 heteroatoms. The van der Waals surface area contributed by atoms with Crippen LogP contribution in [0.5, 0.6) is 0 Å². The van der Waals surface area contributed by atoms with Crippen LogP contribution in [0.4, 0.5) is 5.69 Å². The van der Waals surface area contributed by atoms with Crippen LogP contribution in [0.3, 0.4) is 0 Å². The summed E-state index contributed by atoms with van der Waals surface area (Å²) in [7, 11) is 3.95. The monoisotopic (exact) mass is 265 g/mol. The molecule has 3 rings (SSSR count). The van der Waals surface area contributed by atoms with Crippen molar-refractivity contribution < 1.29 is 4.79 Å². The second-order valence-corrected chi connectivity index (χ2v) is 5.23. The SMILES string of the molecule is CN(C)c1ccc2c(c1)CC(=O)C1=C2NC(C#N)C=C1. The zero-order chi connectivity index (χ0) is 14.3. The molecule has 1 unspecified atom stereocenters. The number of hydrogen-bond donors (Lipinski definition) is 1. The first-order valence-corrected chi connectivity index (χ1v) is 6.52. The van der Waals surface area contributed by atoms with E-state index in [0.29, 0.717) is 12.0 Å². The first-order valence-electron chi connectivity index (χ1n) is 6.52. The molecule has 0 spiro atoms. The highest BCUT2D eigenvalue weighted by molar-refractivity contribution is 6.09. The lowest BCUT2D eigenvalue weighted by Gasteiger charge is -2.27. The third kappa shape index (κ3) is 1.88. The molecule has 1 aliphatic carbocycles. The van der Waals surface area contributed by atoms with Crippen molar-refractivity contribution in [2.45, 2.75) is 12.5 Å². The fourth-order valence-electron chi connectivity index (χ4n) is 2.60. The standard InChI is InChI=1S/C16H15N3O/c1-19(2)12-4-6-13-10(7-12)8-15(20)14-5-3-11(9-17)18-16(13)14/h3-7,11,18H,8H2,1-2H3. The van der Waals surface area contributed by atoms with Crippen LogP contribution in [0.15, 0.2) is 35.9 Å². The number of nitriles is 1. The van der Waals surface area contributed by atoms with Crippen LogP contribution in [0.25, 0.3) is 5.70 Å². The molecule has 4 nitrogen and oxygen atoms in total. The van der Waals surface area contributed by atoms with Gasteiger partial charge in [-0.25, -0.2) is 0 Å². The quantitative estimate of drug-likeness (QED) is 0.838. The number of allylic oxidation sites excluding steroid dienone is 2. The zero-order valence-corrected chi connectivity index (χ0v) is 11.5. The lowest BCUT2D eigenvalue weighted by molar-refractivity contribution is -0.114. The highest BCUT2D eigenvalue weighted by Crippen LogP contribution is 2.32. The molecule has 0 saturated heterocycles. The van der Waals surface area contributed by atoms with E-state index in [9.17, 15) is 4.79 Å². The molecule has 100 valence electrons. The van der Waals surface area contributed by atoms with Crippen molar-refractivity contribution in [3.05, 3.63) is 47.1 Å². The van der Waals surface area contributed by atoms with Crippen molar-refractivity contribution in [1.82, 2.24) is 5.32 Å². The normalized spacial score (nSPS) is 19.9. The van der Waals surface area contributed by atoms with Crippen molar-refractivity contribution in [2.24, 2.45) is 0 Å². The van der Waals surface area contributed by atoms with Gasteiger partial charge in [0, 0.05) is 37.3 Å². The van der Waals surface area contributed by atoms with Crippen molar-refractivity contribution in [2.75, 3.05) is 19.0 Å². The predicted octanol–water partition coefficient (Wildman–Crippen LogP) is 1.64. The van der Waals surface area contributed by atoms with Crippen LogP contribution in [-0.4, -0.2) is 25.9 Å². The minimum Gasteiger partial charge on any atom is -0.378 e. The van der Waals surface area contributed by atoms with Gasteiger partial charge in [0.1, 0.15) is 6.04 Å². The maximum atomic E-state index is 12.2. The summed E-state index contributed by atoms with van der Waals surface area (Å²) in [5.41, 5.74) is 4.58. The molecule has 1 N–H and O–H groups in total. The van der Waals surface area contributed by atoms with Crippen molar-refractivity contribution in [1.29, 1.82) is 5.26 Å². The van der Waals surface area contributed by atoms with E-state index in [1.165, 1.54) is 0 Å². The van der Waals surface area contributed by atoms with Gasteiger partial charge in [0.15, 0.2) is 5.78 Å². The fraction of sp³-hybridized carbons (Fsp3) is 0.250. The molecule has 20 heavy (non-hydrogen) atoms. The van der Waals surface area contributed by atoms with Crippen LogP contribution in [-0.2, 0) is 11.2 Å². The van der Waals surface area contributed by atoms with Gasteiger partial charge in [-0.1, -0.05) is 12.1 Å². The third-order valence-corrected chi connectivity index (χ3v) is 3.69. The summed E-state index contributed by atoms with van der Waals surface area (Å²) in [5.74, 6) is 0.101. The maximum absolute atomic E-state index is 12.2. The molecule has 1 aliphatic heterocycles. The summed E-state index contributed by atoms with van der Waals surface area (Å²) in [6.45, 7) is 0. The number of hydrogen-bond acceptors (Lipinski definition) is 4. The number of benzene rings is 1. The molecule has 0 amide bonds. The van der Waals surface area contributed by atoms with Gasteiger partial charge >= 0.3 is 0 Å². The molecule has 0 radical (unpaired) electrons. The van der Waals surface area contributed by atoms with Crippen molar-refractivity contribution >= 4 is 17.2 Å². The molecule has 1 atom stereocenters. The number of Topliss-reactive ketones (excluding diaryl/α,β-unsaturated/α-hetero) is 1. The molecular formula is C16H15N3O. The van der Waals surface area contributed by atoms with Crippen LogP contribution in [0, 0.1) is 11.3 Å². The summed E-state index contributed by atoms with van der Waals surface area (Å²) in [5, 5.41) is 12.2. The summed E-state index contributed by atoms with van der Waals surface area (Å²) in [6, 6.07) is 7.88. The van der Waals surface area contributed by atoms with E-state index in [0.717, 1.165) is 22.5 Å². The first-order chi connectivity index (χ1) is 9.60. The number of anilines is 1. The molecule has 1 heterocycles. The van der Waals surface area contributed by atoms with Crippen LogP contribution >= 0.6 is 0 Å². The fourth-order valence-corrected chi connectivity index (χ4v) is 2.60. The van der Waals surface area contributed by atoms with E-state index in [1.807, 2.05) is 37.2 Å². The first kappa shape index (κ1) is 12.5. The van der Waals surface area contributed by atoms with Crippen LogP contribution < -0.4 is 10.2 Å². The van der Waals surface area contributed by atoms with E-state index < -0.39 is 0 Å². The van der Waals surface area contributed by atoms with Gasteiger partial charge in [-0.05, 0) is 23.8 Å². The Labute approximate surface area is 118 Å². The smallest absolute Gasteiger partial charge is 0.169 e. The number of carbonyl (C=O) groups excluding carboxylic acids is 1. The topological polar surface area (TPSA) is 56.1 Å². The minimum absolute atomic E-state index is 0.101. The average Bonchev–Trinajstić information content (AvgIpc) is 2.46. The van der Waals surface area contributed by atoms with Gasteiger partial charge in [-0.2, -0.15) is 5.26 Å². The highest BCUT2D eigenvalue weighted by Gasteiger charge is 2.27. The van der Waals surface area contributed by atoms with Gasteiger partial charge in [-0.15, -0.1) is 0 Å². The molecule has 1 aromatic carbocycles. The van der Waals surface area contributed by atoms with E-state index >= 15 is 0 Å². The number of nitrogens with zero attached hydrogens (tertiary/aromatic N) is 2. The number of nitrogens with one attached hydrogen (secondary N) is 1. The minimum atomic E-state index is -0.374. The number of dihydropyridines is 1. The Morgan fingerprint density at radius 1 is 1.40 bits per heavy atom. The number of carbonyl (C=O) groups is 1. The van der Waals surface area contributed by atoms with Gasteiger partial charge in [0.25, 0.3) is 0 Å². The van der Waals surface area contributed by atoms with Gasteiger partial charge in [0.2, 0.25) is 0 Å². The number of ketones is 1. The van der Waals surface area contributed by atoms with Gasteiger partial charge in [-0.3, -0.25) is 4.79 Å². The maximum Gasteiger partial charge on any atom is 0.169 e. The molecular weight excluding hydrogens is 250 g/mol. The van der Waals surface area contributed by atoms with E-state index in [2.05, 4.69) is 11.4 Å². The Hall–Kier alpha value is -2.54. The summed E-state index contributed by atoms with van der Waals surface area (Å²) in [4.78, 5) is 14.2. The molecule has 0 aromatic heterocycles. The average molecular weight is 265 g/mol. The Balaban J connectivity index is 2.11. The lowest BCUT2D eigenvalue weighted by atomic mass is 9.86. The van der Waals surface area contributed by atoms with E-state index in [-0.39, 0.29) is 11.8 Å². The summed E-state index contributed by atoms with van der Waals surface area (Å²) >= 11 is 0. The van der Waals surface area contributed by atoms with Crippen LogP contribution in [0.1, 0.15) is 11.1 Å². The molecule has 0 saturated carbocycles.